The van der Waals surface area contributed by atoms with E-state index in [-0.39, 0.29) is 5.79 Å². The molecule has 0 radical (unpaired) electrons. The monoisotopic (exact) mass is 301 g/mol. The molecule has 0 bridgehead atoms. The highest BCUT2D eigenvalue weighted by Gasteiger charge is 2.40. The van der Waals surface area contributed by atoms with Crippen LogP contribution in [0.25, 0.3) is 0 Å². The summed E-state index contributed by atoms with van der Waals surface area (Å²) < 4.78 is 12.4. The minimum atomic E-state index is -0.246. The van der Waals surface area contributed by atoms with Gasteiger partial charge in [-0.2, -0.15) is 0 Å². The fourth-order valence-corrected chi connectivity index (χ4v) is 4.23. The van der Waals surface area contributed by atoms with Crippen LogP contribution in [0, 0.1) is 0 Å². The van der Waals surface area contributed by atoms with Crippen LogP contribution in [-0.2, 0) is 16.0 Å². The Morgan fingerprint density at radius 1 is 1.32 bits per heavy atom. The predicted octanol–water partition coefficient (Wildman–Crippen LogP) is 3.52. The van der Waals surface area contributed by atoms with Crippen LogP contribution in [0.15, 0.2) is 12.1 Å². The Labute approximate surface area is 123 Å². The van der Waals surface area contributed by atoms with Gasteiger partial charge in [-0.1, -0.05) is 11.6 Å². The van der Waals surface area contributed by atoms with Crippen molar-refractivity contribution in [3.8, 4) is 0 Å². The van der Waals surface area contributed by atoms with Gasteiger partial charge in [0.25, 0.3) is 0 Å². The topological polar surface area (TPSA) is 21.7 Å². The first-order valence-electron chi connectivity index (χ1n) is 6.89. The molecule has 1 aliphatic carbocycles. The van der Waals surface area contributed by atoms with Gasteiger partial charge < -0.3 is 9.47 Å². The van der Waals surface area contributed by atoms with Crippen LogP contribution >= 0.6 is 22.9 Å². The molecule has 1 spiro atoms. The molecule has 0 N–H and O–H groups in total. The van der Waals surface area contributed by atoms with E-state index in [0.717, 1.165) is 49.8 Å². The number of hydrogen-bond acceptors (Lipinski definition) is 4. The van der Waals surface area contributed by atoms with Gasteiger partial charge in [-0.05, 0) is 32.0 Å². The first kappa shape index (κ1) is 13.8. The molecule has 19 heavy (non-hydrogen) atoms. The number of hydrogen-bond donors (Lipinski definition) is 0. The zero-order valence-corrected chi connectivity index (χ0v) is 12.8. The van der Waals surface area contributed by atoms with Gasteiger partial charge in [0.15, 0.2) is 5.79 Å². The summed E-state index contributed by atoms with van der Waals surface area (Å²) in [5.41, 5.74) is 0. The molecule has 1 saturated heterocycles. The van der Waals surface area contributed by atoms with Gasteiger partial charge >= 0.3 is 0 Å². The molecular formula is C14H20ClNO2S. The fraction of sp³-hybridized carbons (Fsp3) is 0.714. The van der Waals surface area contributed by atoms with Crippen LogP contribution in [0.2, 0.25) is 4.34 Å². The third-order valence-electron chi connectivity index (χ3n) is 4.19. The lowest BCUT2D eigenvalue weighted by Crippen LogP contribution is -2.42. The first-order chi connectivity index (χ1) is 9.17. The third kappa shape index (κ3) is 3.14. The molecule has 1 saturated carbocycles. The quantitative estimate of drug-likeness (QED) is 0.852. The fourth-order valence-electron chi connectivity index (χ4n) is 3.08. The molecule has 1 aromatic rings. The molecule has 0 unspecified atom stereocenters. The zero-order chi connectivity index (χ0) is 13.3. The molecule has 0 amide bonds. The number of thiophene rings is 1. The summed E-state index contributed by atoms with van der Waals surface area (Å²) in [6.07, 6.45) is 4.34. The van der Waals surface area contributed by atoms with E-state index in [1.807, 2.05) is 6.07 Å². The van der Waals surface area contributed by atoms with Gasteiger partial charge in [-0.15, -0.1) is 11.3 Å². The standard InChI is InChI=1S/C14H20ClNO2S/c1-16(10-12-2-3-13(15)19-12)11-4-6-14(7-5-11)17-8-9-18-14/h2-3,11H,4-10H2,1H3. The second-order valence-corrected chi connectivity index (χ2v) is 7.26. The number of halogens is 1. The Morgan fingerprint density at radius 2 is 2.00 bits per heavy atom. The maximum absolute atomic E-state index is 5.98. The molecule has 3 rings (SSSR count). The van der Waals surface area contributed by atoms with Crippen molar-refractivity contribution in [1.82, 2.24) is 4.90 Å². The van der Waals surface area contributed by atoms with Crippen molar-refractivity contribution in [3.05, 3.63) is 21.3 Å². The number of ether oxygens (including phenoxy) is 2. The molecule has 2 fully saturated rings. The normalized spacial score (nSPS) is 23.5. The number of nitrogens with zero attached hydrogens (tertiary/aromatic N) is 1. The minimum absolute atomic E-state index is 0.246. The SMILES string of the molecule is CN(Cc1ccc(Cl)s1)C1CCC2(CC1)OCCO2. The van der Waals surface area contributed by atoms with E-state index in [9.17, 15) is 0 Å². The van der Waals surface area contributed by atoms with E-state index in [0.29, 0.717) is 6.04 Å². The van der Waals surface area contributed by atoms with Crippen LogP contribution in [-0.4, -0.2) is 37.0 Å². The highest BCUT2D eigenvalue weighted by atomic mass is 35.5. The van der Waals surface area contributed by atoms with E-state index in [1.54, 1.807) is 11.3 Å². The summed E-state index contributed by atoms with van der Waals surface area (Å²) in [5.74, 6) is -0.246. The lowest BCUT2D eigenvalue weighted by molar-refractivity contribution is -0.183. The molecule has 0 atom stereocenters. The molecule has 5 heteroatoms. The molecule has 1 aromatic heterocycles. The van der Waals surface area contributed by atoms with Crippen molar-refractivity contribution >= 4 is 22.9 Å². The summed E-state index contributed by atoms with van der Waals surface area (Å²) in [4.78, 5) is 3.77. The Morgan fingerprint density at radius 3 is 2.58 bits per heavy atom. The van der Waals surface area contributed by atoms with E-state index in [1.165, 1.54) is 4.88 Å². The van der Waals surface area contributed by atoms with E-state index in [4.69, 9.17) is 21.1 Å². The molecule has 1 aliphatic heterocycles. The first-order valence-corrected chi connectivity index (χ1v) is 8.09. The zero-order valence-electron chi connectivity index (χ0n) is 11.2. The number of rotatable bonds is 3. The highest BCUT2D eigenvalue weighted by molar-refractivity contribution is 7.16. The van der Waals surface area contributed by atoms with Crippen molar-refractivity contribution in [3.63, 3.8) is 0 Å². The molecule has 3 nitrogen and oxygen atoms in total. The lowest BCUT2D eigenvalue weighted by atomic mass is 9.89. The van der Waals surface area contributed by atoms with Gasteiger partial charge in [0.05, 0.1) is 17.6 Å². The molecule has 106 valence electrons. The molecule has 2 aliphatic rings. The Bertz CT molecular complexity index is 421. The van der Waals surface area contributed by atoms with Crippen molar-refractivity contribution in [1.29, 1.82) is 0 Å². The van der Waals surface area contributed by atoms with Crippen LogP contribution in [0.1, 0.15) is 30.6 Å². The highest BCUT2D eigenvalue weighted by Crippen LogP contribution is 2.37. The largest absolute Gasteiger partial charge is 0.348 e. The van der Waals surface area contributed by atoms with Gasteiger partial charge in [0.2, 0.25) is 0 Å². The van der Waals surface area contributed by atoms with Gasteiger partial charge in [0, 0.05) is 30.3 Å². The summed E-state index contributed by atoms with van der Waals surface area (Å²) >= 11 is 7.65. The molecule has 0 aromatic carbocycles. The second-order valence-electron chi connectivity index (χ2n) is 5.46. The van der Waals surface area contributed by atoms with Crippen LogP contribution < -0.4 is 0 Å². The Balaban J connectivity index is 1.53. The lowest BCUT2D eigenvalue weighted by Gasteiger charge is -2.38. The Kier molecular flexibility index (Phi) is 4.15. The maximum Gasteiger partial charge on any atom is 0.168 e. The van der Waals surface area contributed by atoms with Crippen molar-refractivity contribution in [2.75, 3.05) is 20.3 Å². The average molecular weight is 302 g/mol. The predicted molar refractivity (Wildman–Crippen MR) is 77.7 cm³/mol. The van der Waals surface area contributed by atoms with Gasteiger partial charge in [-0.3, -0.25) is 4.90 Å². The molecular weight excluding hydrogens is 282 g/mol. The van der Waals surface area contributed by atoms with E-state index >= 15 is 0 Å². The van der Waals surface area contributed by atoms with Crippen LogP contribution in [0.4, 0.5) is 0 Å². The van der Waals surface area contributed by atoms with E-state index in [2.05, 4.69) is 18.0 Å². The average Bonchev–Trinajstić information content (AvgIpc) is 3.00. The van der Waals surface area contributed by atoms with Crippen molar-refractivity contribution in [2.45, 2.75) is 44.1 Å². The van der Waals surface area contributed by atoms with Gasteiger partial charge in [-0.25, -0.2) is 0 Å². The third-order valence-corrected chi connectivity index (χ3v) is 5.40. The van der Waals surface area contributed by atoms with Crippen LogP contribution in [0.5, 0.6) is 0 Å². The smallest absolute Gasteiger partial charge is 0.168 e. The summed E-state index contributed by atoms with van der Waals surface area (Å²) in [6, 6.07) is 4.72. The van der Waals surface area contributed by atoms with E-state index < -0.39 is 0 Å². The van der Waals surface area contributed by atoms with Crippen LogP contribution in [0.3, 0.4) is 0 Å². The summed E-state index contributed by atoms with van der Waals surface area (Å²) in [7, 11) is 2.20. The Hall–Kier alpha value is -0.130. The van der Waals surface area contributed by atoms with Gasteiger partial charge in [0.1, 0.15) is 0 Å². The minimum Gasteiger partial charge on any atom is -0.348 e. The maximum atomic E-state index is 5.98. The van der Waals surface area contributed by atoms with Crippen molar-refractivity contribution in [2.24, 2.45) is 0 Å². The molecule has 2 heterocycles. The summed E-state index contributed by atoms with van der Waals surface area (Å²) in [5, 5.41) is 0. The summed E-state index contributed by atoms with van der Waals surface area (Å²) in [6.45, 7) is 2.50. The second kappa shape index (κ2) is 5.70. The van der Waals surface area contributed by atoms with Crippen molar-refractivity contribution < 1.29 is 9.47 Å².